The van der Waals surface area contributed by atoms with E-state index in [1.807, 2.05) is 18.2 Å². The Morgan fingerprint density at radius 3 is 2.36 bits per heavy atom. The number of esters is 1. The van der Waals surface area contributed by atoms with Crippen LogP contribution in [-0.2, 0) is 26.0 Å². The molecule has 3 aromatic carbocycles. The highest BCUT2D eigenvalue weighted by Gasteiger charge is 2.22. The van der Waals surface area contributed by atoms with Crippen molar-refractivity contribution in [3.63, 3.8) is 0 Å². The number of benzene rings is 3. The SMILES string of the molecule is COC(=O)CCc1cn(S(=O)(=O)c2cccc(Oc3ccccc3)c2)c2ccc(OC)cc12. The van der Waals surface area contributed by atoms with E-state index in [9.17, 15) is 13.2 Å². The van der Waals surface area contributed by atoms with Crippen LogP contribution >= 0.6 is 0 Å². The predicted octanol–water partition coefficient (Wildman–Crippen LogP) is 4.78. The largest absolute Gasteiger partial charge is 0.497 e. The molecule has 170 valence electrons. The molecule has 0 bridgehead atoms. The van der Waals surface area contributed by atoms with Crippen molar-refractivity contribution in [2.45, 2.75) is 17.7 Å². The summed E-state index contributed by atoms with van der Waals surface area (Å²) in [4.78, 5) is 11.8. The molecule has 0 atom stereocenters. The van der Waals surface area contributed by atoms with E-state index in [1.54, 1.807) is 55.8 Å². The molecule has 0 aliphatic carbocycles. The highest BCUT2D eigenvalue weighted by atomic mass is 32.2. The van der Waals surface area contributed by atoms with Crippen LogP contribution in [0.2, 0.25) is 0 Å². The Kier molecular flexibility index (Phi) is 6.37. The van der Waals surface area contributed by atoms with Crippen molar-refractivity contribution in [1.29, 1.82) is 0 Å². The number of ether oxygens (including phenoxy) is 3. The fourth-order valence-electron chi connectivity index (χ4n) is 3.55. The first-order chi connectivity index (χ1) is 15.9. The molecular formula is C25H23NO6S. The lowest BCUT2D eigenvalue weighted by Gasteiger charge is -2.10. The van der Waals surface area contributed by atoms with E-state index in [0.717, 1.165) is 0 Å². The Morgan fingerprint density at radius 2 is 1.64 bits per heavy atom. The van der Waals surface area contributed by atoms with Gasteiger partial charge in [0.25, 0.3) is 10.0 Å². The summed E-state index contributed by atoms with van der Waals surface area (Å²) >= 11 is 0. The molecule has 0 radical (unpaired) electrons. The number of fused-ring (bicyclic) bond motifs is 1. The Hall–Kier alpha value is -3.78. The van der Waals surface area contributed by atoms with Crippen LogP contribution in [0.1, 0.15) is 12.0 Å². The van der Waals surface area contributed by atoms with Gasteiger partial charge >= 0.3 is 5.97 Å². The number of aryl methyl sites for hydroxylation is 1. The van der Waals surface area contributed by atoms with Crippen LogP contribution in [-0.4, -0.2) is 32.6 Å². The summed E-state index contributed by atoms with van der Waals surface area (Å²) < 4.78 is 44.3. The van der Waals surface area contributed by atoms with Crippen LogP contribution in [0.15, 0.2) is 83.9 Å². The van der Waals surface area contributed by atoms with Gasteiger partial charge in [0.1, 0.15) is 17.2 Å². The zero-order valence-corrected chi connectivity index (χ0v) is 19.0. The number of methoxy groups -OCH3 is 2. The Morgan fingerprint density at radius 1 is 0.879 bits per heavy atom. The molecule has 4 rings (SSSR count). The first-order valence-electron chi connectivity index (χ1n) is 10.3. The first-order valence-corrected chi connectivity index (χ1v) is 11.7. The molecule has 0 aliphatic heterocycles. The van der Waals surface area contributed by atoms with E-state index in [1.165, 1.54) is 23.2 Å². The van der Waals surface area contributed by atoms with Crippen molar-refractivity contribution in [3.05, 3.63) is 84.6 Å². The van der Waals surface area contributed by atoms with Gasteiger partial charge in [-0.05, 0) is 54.4 Å². The molecule has 0 saturated carbocycles. The smallest absolute Gasteiger partial charge is 0.305 e. The average molecular weight is 466 g/mol. The highest BCUT2D eigenvalue weighted by molar-refractivity contribution is 7.90. The van der Waals surface area contributed by atoms with Crippen molar-refractivity contribution in [2.24, 2.45) is 0 Å². The fraction of sp³-hybridized carbons (Fsp3) is 0.160. The van der Waals surface area contributed by atoms with Gasteiger partial charge in [-0.2, -0.15) is 0 Å². The molecule has 0 saturated heterocycles. The molecule has 0 unspecified atom stereocenters. The molecule has 0 spiro atoms. The molecule has 0 N–H and O–H groups in total. The molecular weight excluding hydrogens is 442 g/mol. The number of aromatic nitrogens is 1. The summed E-state index contributed by atoms with van der Waals surface area (Å²) in [6.07, 6.45) is 2.01. The Balaban J connectivity index is 1.76. The van der Waals surface area contributed by atoms with E-state index < -0.39 is 10.0 Å². The summed E-state index contributed by atoms with van der Waals surface area (Å²) in [6, 6.07) is 20.7. The number of carbonyl (C=O) groups excluding carboxylic acids is 1. The van der Waals surface area contributed by atoms with Gasteiger partial charge in [0, 0.05) is 24.1 Å². The lowest BCUT2D eigenvalue weighted by molar-refractivity contribution is -0.140. The summed E-state index contributed by atoms with van der Waals surface area (Å²) in [5, 5.41) is 0.693. The topological polar surface area (TPSA) is 83.8 Å². The second kappa shape index (κ2) is 9.38. The van der Waals surface area contributed by atoms with E-state index >= 15 is 0 Å². The summed E-state index contributed by atoms with van der Waals surface area (Å²) in [5.74, 6) is 1.24. The highest BCUT2D eigenvalue weighted by Crippen LogP contribution is 2.31. The van der Waals surface area contributed by atoms with E-state index in [0.29, 0.717) is 40.1 Å². The zero-order chi connectivity index (χ0) is 23.4. The van der Waals surface area contributed by atoms with E-state index in [4.69, 9.17) is 14.2 Å². The second-order valence-electron chi connectivity index (χ2n) is 7.30. The van der Waals surface area contributed by atoms with E-state index in [2.05, 4.69) is 0 Å². The quantitative estimate of drug-likeness (QED) is 0.348. The number of para-hydroxylation sites is 1. The molecule has 1 heterocycles. The Labute approximate surface area is 192 Å². The Bertz CT molecular complexity index is 1390. The minimum absolute atomic E-state index is 0.0863. The van der Waals surface area contributed by atoms with Crippen molar-refractivity contribution in [1.82, 2.24) is 3.97 Å². The van der Waals surface area contributed by atoms with Gasteiger partial charge in [-0.15, -0.1) is 0 Å². The van der Waals surface area contributed by atoms with Gasteiger partial charge < -0.3 is 14.2 Å². The molecule has 0 fully saturated rings. The zero-order valence-electron chi connectivity index (χ0n) is 18.2. The van der Waals surface area contributed by atoms with Crippen LogP contribution < -0.4 is 9.47 Å². The second-order valence-corrected chi connectivity index (χ2v) is 9.12. The number of nitrogens with zero attached hydrogens (tertiary/aromatic N) is 1. The fourth-order valence-corrected chi connectivity index (χ4v) is 4.97. The van der Waals surface area contributed by atoms with Gasteiger partial charge in [-0.25, -0.2) is 12.4 Å². The maximum Gasteiger partial charge on any atom is 0.305 e. The summed E-state index contributed by atoms with van der Waals surface area (Å²) in [6.45, 7) is 0. The van der Waals surface area contributed by atoms with E-state index in [-0.39, 0.29) is 17.3 Å². The normalized spacial score (nSPS) is 11.3. The third kappa shape index (κ3) is 4.70. The van der Waals surface area contributed by atoms with Crippen LogP contribution in [0.25, 0.3) is 10.9 Å². The van der Waals surface area contributed by atoms with Gasteiger partial charge in [0.2, 0.25) is 0 Å². The molecule has 0 aliphatic rings. The lowest BCUT2D eigenvalue weighted by atomic mass is 10.1. The molecule has 33 heavy (non-hydrogen) atoms. The third-order valence-electron chi connectivity index (χ3n) is 5.23. The van der Waals surface area contributed by atoms with Crippen molar-refractivity contribution in [2.75, 3.05) is 14.2 Å². The molecule has 8 heteroatoms. The minimum Gasteiger partial charge on any atom is -0.497 e. The van der Waals surface area contributed by atoms with Crippen LogP contribution in [0, 0.1) is 0 Å². The standard InChI is InChI=1S/C25H23NO6S/c1-30-20-12-13-24-23(16-20)18(11-14-25(27)31-2)17-26(24)33(28,29)22-10-6-9-21(15-22)32-19-7-4-3-5-8-19/h3-10,12-13,15-17H,11,14H2,1-2H3. The van der Waals surface area contributed by atoms with Crippen molar-refractivity contribution >= 4 is 26.9 Å². The summed E-state index contributed by atoms with van der Waals surface area (Å²) in [7, 11) is -1.08. The van der Waals surface area contributed by atoms with Crippen molar-refractivity contribution < 1.29 is 27.4 Å². The summed E-state index contributed by atoms with van der Waals surface area (Å²) in [5.41, 5.74) is 1.19. The maximum absolute atomic E-state index is 13.6. The maximum atomic E-state index is 13.6. The minimum atomic E-state index is -3.94. The van der Waals surface area contributed by atoms with Gasteiger partial charge in [-0.3, -0.25) is 4.79 Å². The van der Waals surface area contributed by atoms with Gasteiger partial charge in [0.15, 0.2) is 0 Å². The molecule has 0 amide bonds. The van der Waals surface area contributed by atoms with Crippen LogP contribution in [0.4, 0.5) is 0 Å². The van der Waals surface area contributed by atoms with Crippen LogP contribution in [0.3, 0.4) is 0 Å². The number of carbonyl (C=O) groups is 1. The first kappa shape index (κ1) is 22.4. The molecule has 1 aromatic heterocycles. The average Bonchev–Trinajstić information content (AvgIpc) is 3.22. The monoisotopic (exact) mass is 465 g/mol. The number of hydrogen-bond acceptors (Lipinski definition) is 6. The molecule has 7 nitrogen and oxygen atoms in total. The van der Waals surface area contributed by atoms with Crippen LogP contribution in [0.5, 0.6) is 17.2 Å². The van der Waals surface area contributed by atoms with Crippen molar-refractivity contribution in [3.8, 4) is 17.2 Å². The number of hydrogen-bond donors (Lipinski definition) is 0. The lowest BCUT2D eigenvalue weighted by Crippen LogP contribution is -2.12. The van der Waals surface area contributed by atoms with Gasteiger partial charge in [-0.1, -0.05) is 24.3 Å². The van der Waals surface area contributed by atoms with Gasteiger partial charge in [0.05, 0.1) is 24.6 Å². The third-order valence-corrected chi connectivity index (χ3v) is 6.90. The number of rotatable bonds is 8. The predicted molar refractivity (Wildman–Crippen MR) is 124 cm³/mol. The molecule has 4 aromatic rings.